The summed E-state index contributed by atoms with van der Waals surface area (Å²) in [4.78, 5) is 22.4. The van der Waals surface area contributed by atoms with Crippen molar-refractivity contribution in [2.24, 2.45) is 0 Å². The van der Waals surface area contributed by atoms with E-state index in [4.69, 9.17) is 4.74 Å². The van der Waals surface area contributed by atoms with Crippen molar-refractivity contribution in [3.05, 3.63) is 59.7 Å². The summed E-state index contributed by atoms with van der Waals surface area (Å²) in [5.41, 5.74) is 3.94. The van der Waals surface area contributed by atoms with Gasteiger partial charge in [0.2, 0.25) is 0 Å². The number of rotatable bonds is 4. The Labute approximate surface area is 156 Å². The van der Waals surface area contributed by atoms with Crippen molar-refractivity contribution in [1.29, 1.82) is 0 Å². The number of carbonyl (C=O) groups excluding carboxylic acids is 1. The summed E-state index contributed by atoms with van der Waals surface area (Å²) in [6.07, 6.45) is 0.104. The van der Waals surface area contributed by atoms with Crippen LogP contribution in [0.15, 0.2) is 53.7 Å². The first-order valence-electron chi connectivity index (χ1n) is 8.76. The van der Waals surface area contributed by atoms with Crippen LogP contribution in [-0.4, -0.2) is 46.6 Å². The van der Waals surface area contributed by atoms with E-state index in [1.54, 1.807) is 11.8 Å². The number of aromatic nitrogens is 2. The van der Waals surface area contributed by atoms with Crippen LogP contribution in [0, 0.1) is 0 Å². The first-order valence-corrected chi connectivity index (χ1v) is 9.75. The number of nitrogens with one attached hydrogen (secondary N) is 1. The summed E-state index contributed by atoms with van der Waals surface area (Å²) < 4.78 is 5.50. The number of nitrogens with zero attached hydrogens (tertiary/aromatic N) is 2. The number of morpholine rings is 1. The third kappa shape index (κ3) is 3.76. The lowest BCUT2D eigenvalue weighted by Crippen LogP contribution is -2.44. The Kier molecular flexibility index (Phi) is 4.95. The van der Waals surface area contributed by atoms with Crippen molar-refractivity contribution in [3.63, 3.8) is 0 Å². The molecule has 0 saturated carbocycles. The Morgan fingerprint density at radius 3 is 2.85 bits per heavy atom. The number of ether oxygens (including phenoxy) is 1. The third-order valence-electron chi connectivity index (χ3n) is 4.47. The van der Waals surface area contributed by atoms with Gasteiger partial charge in [0.25, 0.3) is 5.91 Å². The van der Waals surface area contributed by atoms with Crippen molar-refractivity contribution in [3.8, 4) is 0 Å². The van der Waals surface area contributed by atoms with Crippen LogP contribution in [0.4, 0.5) is 0 Å². The molecule has 0 aliphatic carbocycles. The zero-order valence-corrected chi connectivity index (χ0v) is 15.5. The minimum atomic E-state index is 0.0802. The quantitative estimate of drug-likeness (QED) is 0.714. The molecule has 1 aliphatic heterocycles. The molecule has 3 aromatic rings. The predicted octanol–water partition coefficient (Wildman–Crippen LogP) is 3.72. The van der Waals surface area contributed by atoms with Crippen LogP contribution in [0.1, 0.15) is 22.8 Å². The zero-order valence-electron chi connectivity index (χ0n) is 14.6. The van der Waals surface area contributed by atoms with Crippen molar-refractivity contribution in [2.45, 2.75) is 23.9 Å². The third-order valence-corrected chi connectivity index (χ3v) is 5.42. The fourth-order valence-corrected chi connectivity index (χ4v) is 3.92. The largest absolute Gasteiger partial charge is 0.375 e. The molecule has 5 nitrogen and oxygen atoms in total. The molecule has 0 spiro atoms. The standard InChI is InChI=1S/C20H21N3O2S/c1-14-12-23(10-11-25-14)19(24)16-8-6-15(7-9-16)13-26-20-21-17-4-2-3-5-18(17)22-20/h2-9,14H,10-13H2,1H3,(H,21,22). The van der Waals surface area contributed by atoms with Gasteiger partial charge in [0, 0.05) is 24.4 Å². The van der Waals surface area contributed by atoms with Crippen molar-refractivity contribution < 1.29 is 9.53 Å². The van der Waals surface area contributed by atoms with Gasteiger partial charge in [-0.2, -0.15) is 0 Å². The number of fused-ring (bicyclic) bond motifs is 1. The number of hydrogen-bond acceptors (Lipinski definition) is 4. The minimum Gasteiger partial charge on any atom is -0.375 e. The Morgan fingerprint density at radius 1 is 1.27 bits per heavy atom. The van der Waals surface area contributed by atoms with Crippen LogP contribution in [0.5, 0.6) is 0 Å². The number of aromatic amines is 1. The Hall–Kier alpha value is -2.31. The number of para-hydroxylation sites is 2. The summed E-state index contributed by atoms with van der Waals surface area (Å²) in [5, 5.41) is 0.911. The highest BCUT2D eigenvalue weighted by Gasteiger charge is 2.22. The highest BCUT2D eigenvalue weighted by molar-refractivity contribution is 7.98. The van der Waals surface area contributed by atoms with Crippen molar-refractivity contribution in [1.82, 2.24) is 14.9 Å². The molecular weight excluding hydrogens is 346 g/mol. The maximum absolute atomic E-state index is 12.6. The summed E-state index contributed by atoms with van der Waals surface area (Å²) in [6, 6.07) is 15.9. The van der Waals surface area contributed by atoms with Gasteiger partial charge in [0.15, 0.2) is 5.16 Å². The average molecular weight is 367 g/mol. The number of thioether (sulfide) groups is 1. The maximum atomic E-state index is 12.6. The SMILES string of the molecule is CC1CN(C(=O)c2ccc(CSc3nc4ccccc4[nH]3)cc2)CCO1. The molecule has 4 rings (SSSR count). The summed E-state index contributed by atoms with van der Waals surface area (Å²) in [7, 11) is 0. The lowest BCUT2D eigenvalue weighted by Gasteiger charge is -2.31. The number of hydrogen-bond donors (Lipinski definition) is 1. The topological polar surface area (TPSA) is 58.2 Å². The molecule has 6 heteroatoms. The van der Waals surface area contributed by atoms with E-state index in [2.05, 4.69) is 9.97 Å². The van der Waals surface area contributed by atoms with Gasteiger partial charge in [0.1, 0.15) is 0 Å². The molecule has 134 valence electrons. The molecule has 1 saturated heterocycles. The predicted molar refractivity (Wildman–Crippen MR) is 103 cm³/mol. The van der Waals surface area contributed by atoms with Crippen LogP contribution in [-0.2, 0) is 10.5 Å². The zero-order chi connectivity index (χ0) is 17.9. The second-order valence-corrected chi connectivity index (χ2v) is 7.44. The molecule has 0 bridgehead atoms. The summed E-state index contributed by atoms with van der Waals surface area (Å²) >= 11 is 1.66. The normalized spacial score (nSPS) is 17.6. The van der Waals surface area contributed by atoms with E-state index in [1.165, 1.54) is 5.56 Å². The molecule has 1 amide bonds. The van der Waals surface area contributed by atoms with Gasteiger partial charge in [-0.25, -0.2) is 4.98 Å². The second-order valence-electron chi connectivity index (χ2n) is 6.48. The van der Waals surface area contributed by atoms with E-state index in [0.29, 0.717) is 19.7 Å². The van der Waals surface area contributed by atoms with Gasteiger partial charge in [-0.1, -0.05) is 36.0 Å². The number of H-pyrrole nitrogens is 1. The van der Waals surface area contributed by atoms with Gasteiger partial charge < -0.3 is 14.6 Å². The fraction of sp³-hybridized carbons (Fsp3) is 0.300. The van der Waals surface area contributed by atoms with Crippen molar-refractivity contribution in [2.75, 3.05) is 19.7 Å². The Balaban J connectivity index is 1.38. The van der Waals surface area contributed by atoms with Gasteiger partial charge in [-0.15, -0.1) is 0 Å². The Morgan fingerprint density at radius 2 is 2.08 bits per heavy atom. The van der Waals surface area contributed by atoms with E-state index < -0.39 is 0 Å². The Bertz CT molecular complexity index is 874. The molecule has 1 aromatic heterocycles. The molecule has 1 N–H and O–H groups in total. The van der Waals surface area contributed by atoms with Gasteiger partial charge in [0.05, 0.1) is 23.7 Å². The molecule has 2 heterocycles. The highest BCUT2D eigenvalue weighted by atomic mass is 32.2. The van der Waals surface area contributed by atoms with Crippen LogP contribution in [0.3, 0.4) is 0 Å². The van der Waals surface area contributed by atoms with Crippen LogP contribution in [0.2, 0.25) is 0 Å². The lowest BCUT2D eigenvalue weighted by atomic mass is 10.1. The number of carbonyl (C=O) groups is 1. The van der Waals surface area contributed by atoms with E-state index in [9.17, 15) is 4.79 Å². The average Bonchev–Trinajstić information content (AvgIpc) is 3.09. The number of benzene rings is 2. The lowest BCUT2D eigenvalue weighted by molar-refractivity contribution is -0.0124. The molecule has 0 radical (unpaired) electrons. The smallest absolute Gasteiger partial charge is 0.254 e. The van der Waals surface area contributed by atoms with E-state index >= 15 is 0 Å². The fourth-order valence-electron chi connectivity index (χ4n) is 3.08. The molecule has 1 aliphatic rings. The van der Waals surface area contributed by atoms with E-state index in [-0.39, 0.29) is 12.0 Å². The molecule has 1 unspecified atom stereocenters. The molecule has 2 aromatic carbocycles. The monoisotopic (exact) mass is 367 g/mol. The van der Waals surface area contributed by atoms with Crippen LogP contribution >= 0.6 is 11.8 Å². The highest BCUT2D eigenvalue weighted by Crippen LogP contribution is 2.23. The molecule has 1 fully saturated rings. The maximum Gasteiger partial charge on any atom is 0.254 e. The van der Waals surface area contributed by atoms with Crippen LogP contribution < -0.4 is 0 Å². The number of imidazole rings is 1. The van der Waals surface area contributed by atoms with Crippen LogP contribution in [0.25, 0.3) is 11.0 Å². The first kappa shape index (κ1) is 17.1. The molecular formula is C20H21N3O2S. The summed E-state index contributed by atoms with van der Waals surface area (Å²) in [5.74, 6) is 0.889. The van der Waals surface area contributed by atoms with Gasteiger partial charge in [-0.05, 0) is 36.8 Å². The molecule has 26 heavy (non-hydrogen) atoms. The second kappa shape index (κ2) is 7.51. The number of amides is 1. The van der Waals surface area contributed by atoms with E-state index in [1.807, 2.05) is 60.4 Å². The minimum absolute atomic E-state index is 0.0802. The molecule has 1 atom stereocenters. The van der Waals surface area contributed by atoms with Crippen molar-refractivity contribution >= 4 is 28.7 Å². The van der Waals surface area contributed by atoms with Gasteiger partial charge >= 0.3 is 0 Å². The summed E-state index contributed by atoms with van der Waals surface area (Å²) in [6.45, 7) is 3.92. The van der Waals surface area contributed by atoms with E-state index in [0.717, 1.165) is 27.5 Å². The first-order chi connectivity index (χ1) is 12.7. The van der Waals surface area contributed by atoms with Gasteiger partial charge in [-0.3, -0.25) is 4.79 Å².